The molecular weight excluding hydrogens is 356 g/mol. The fourth-order valence-corrected chi connectivity index (χ4v) is 5.33. The number of carbonyl (C=O) groups is 1. The van der Waals surface area contributed by atoms with E-state index < -0.39 is 16.1 Å². The van der Waals surface area contributed by atoms with E-state index in [1.165, 1.54) is 0 Å². The summed E-state index contributed by atoms with van der Waals surface area (Å²) < 4.78 is 37.4. The lowest BCUT2D eigenvalue weighted by Crippen LogP contribution is -2.47. The summed E-state index contributed by atoms with van der Waals surface area (Å²) in [5.74, 6) is 1.34. The third kappa shape index (κ3) is 3.66. The van der Waals surface area contributed by atoms with Crippen molar-refractivity contribution in [3.8, 4) is 11.5 Å². The van der Waals surface area contributed by atoms with E-state index in [-0.39, 0.29) is 17.8 Å². The molecule has 0 radical (unpaired) electrons. The lowest BCUT2D eigenvalue weighted by atomic mass is 9.98. The van der Waals surface area contributed by atoms with Crippen LogP contribution < -0.4 is 14.8 Å². The Bertz CT molecular complexity index is 770. The van der Waals surface area contributed by atoms with Crippen molar-refractivity contribution in [3.63, 3.8) is 0 Å². The van der Waals surface area contributed by atoms with Crippen molar-refractivity contribution in [2.75, 3.05) is 26.2 Å². The molecular formula is C18H24N2O5S. The summed E-state index contributed by atoms with van der Waals surface area (Å²) in [4.78, 5) is 12.3. The maximum Gasteiger partial charge on any atom is 0.264 e. The van der Waals surface area contributed by atoms with Crippen LogP contribution in [0.5, 0.6) is 11.5 Å². The lowest BCUT2D eigenvalue weighted by molar-refractivity contribution is -0.130. The average Bonchev–Trinajstić information content (AvgIpc) is 3.52. The van der Waals surface area contributed by atoms with E-state index in [2.05, 4.69) is 5.32 Å². The van der Waals surface area contributed by atoms with Gasteiger partial charge in [-0.15, -0.1) is 0 Å². The van der Waals surface area contributed by atoms with Gasteiger partial charge in [0.25, 0.3) is 5.91 Å². The number of benzene rings is 1. The molecule has 2 heterocycles. The quantitative estimate of drug-likeness (QED) is 0.828. The van der Waals surface area contributed by atoms with Gasteiger partial charge in [-0.1, -0.05) is 12.1 Å². The van der Waals surface area contributed by atoms with Crippen molar-refractivity contribution in [1.82, 2.24) is 9.62 Å². The molecule has 8 heteroatoms. The molecule has 2 aliphatic heterocycles. The first-order valence-corrected chi connectivity index (χ1v) is 10.7. The number of hydrogen-bond donors (Lipinski definition) is 1. The predicted molar refractivity (Wildman–Crippen MR) is 95.6 cm³/mol. The van der Waals surface area contributed by atoms with E-state index in [0.717, 1.165) is 25.7 Å². The Morgan fingerprint density at radius 3 is 2.50 bits per heavy atom. The van der Waals surface area contributed by atoms with Gasteiger partial charge in [-0.05, 0) is 43.7 Å². The Morgan fingerprint density at radius 2 is 1.81 bits per heavy atom. The Morgan fingerprint density at radius 1 is 1.12 bits per heavy atom. The van der Waals surface area contributed by atoms with Gasteiger partial charge in [0.15, 0.2) is 11.5 Å². The molecule has 1 aromatic rings. The highest BCUT2D eigenvalue weighted by molar-refractivity contribution is 7.90. The highest BCUT2D eigenvalue weighted by atomic mass is 32.2. The molecule has 1 N–H and O–H groups in total. The minimum atomic E-state index is -3.08. The largest absolute Gasteiger partial charge is 0.485 e. The Labute approximate surface area is 153 Å². The number of carbonyl (C=O) groups excluding carboxylic acids is 1. The maximum atomic E-state index is 12.3. The van der Waals surface area contributed by atoms with E-state index in [1.807, 2.05) is 18.2 Å². The van der Waals surface area contributed by atoms with E-state index in [4.69, 9.17) is 9.47 Å². The van der Waals surface area contributed by atoms with Crippen LogP contribution in [0.15, 0.2) is 24.3 Å². The molecule has 7 nitrogen and oxygen atoms in total. The number of sulfonamides is 1. The summed E-state index contributed by atoms with van der Waals surface area (Å²) in [5.41, 5.74) is 0. The highest BCUT2D eigenvalue weighted by Crippen LogP contribution is 2.33. The summed E-state index contributed by atoms with van der Waals surface area (Å²) in [7, 11) is -3.08. The molecule has 1 aromatic carbocycles. The zero-order valence-corrected chi connectivity index (χ0v) is 15.4. The Hall–Kier alpha value is -1.80. The van der Waals surface area contributed by atoms with Crippen LogP contribution in [-0.2, 0) is 14.8 Å². The summed E-state index contributed by atoms with van der Waals surface area (Å²) in [6, 6.07) is 7.29. The van der Waals surface area contributed by atoms with Crippen molar-refractivity contribution >= 4 is 15.9 Å². The van der Waals surface area contributed by atoms with Crippen molar-refractivity contribution in [2.24, 2.45) is 5.92 Å². The third-order valence-corrected chi connectivity index (χ3v) is 7.64. The van der Waals surface area contributed by atoms with Gasteiger partial charge in [-0.25, -0.2) is 12.7 Å². The summed E-state index contributed by atoms with van der Waals surface area (Å²) >= 11 is 0. The first kappa shape index (κ1) is 17.6. The van der Waals surface area contributed by atoms with Gasteiger partial charge in [0.1, 0.15) is 6.61 Å². The van der Waals surface area contributed by atoms with Crippen LogP contribution in [0.1, 0.15) is 25.7 Å². The van der Waals surface area contributed by atoms with Gasteiger partial charge in [0.2, 0.25) is 16.1 Å². The maximum absolute atomic E-state index is 12.3. The predicted octanol–water partition coefficient (Wildman–Crippen LogP) is 1.15. The second-order valence-corrected chi connectivity index (χ2v) is 9.41. The molecule has 1 saturated heterocycles. The number of nitrogens with zero attached hydrogens (tertiary/aromatic N) is 1. The van der Waals surface area contributed by atoms with Crippen molar-refractivity contribution in [3.05, 3.63) is 24.3 Å². The molecule has 142 valence electrons. The van der Waals surface area contributed by atoms with Crippen molar-refractivity contribution < 1.29 is 22.7 Å². The van der Waals surface area contributed by atoms with Crippen molar-refractivity contribution in [2.45, 2.75) is 37.0 Å². The molecule has 4 rings (SSSR count). The fourth-order valence-electron chi connectivity index (χ4n) is 3.45. The molecule has 0 aromatic heterocycles. The Kier molecular flexibility index (Phi) is 4.79. The second kappa shape index (κ2) is 7.08. The zero-order valence-electron chi connectivity index (χ0n) is 14.6. The fraction of sp³-hybridized carbons (Fsp3) is 0.611. The lowest BCUT2D eigenvalue weighted by Gasteiger charge is -2.32. The van der Waals surface area contributed by atoms with Crippen molar-refractivity contribution in [1.29, 1.82) is 0 Å². The number of para-hydroxylation sites is 2. The molecule has 0 spiro atoms. The van der Waals surface area contributed by atoms with Crippen LogP contribution in [0.25, 0.3) is 0 Å². The minimum Gasteiger partial charge on any atom is -0.485 e. The smallest absolute Gasteiger partial charge is 0.264 e. The highest BCUT2D eigenvalue weighted by Gasteiger charge is 2.41. The molecule has 2 fully saturated rings. The number of piperidine rings is 1. The first-order valence-electron chi connectivity index (χ1n) is 9.19. The number of amides is 1. The molecule has 1 saturated carbocycles. The molecule has 1 aliphatic carbocycles. The SMILES string of the molecule is O=C(NCC1CCN(S(=O)(=O)C2CC2)CC1)C1COc2ccccc2O1. The van der Waals surface area contributed by atoms with Crippen LogP contribution in [0, 0.1) is 5.92 Å². The second-order valence-electron chi connectivity index (χ2n) is 7.20. The standard InChI is InChI=1S/C18H24N2O5S/c21-18(17-12-24-15-3-1-2-4-16(15)25-17)19-11-13-7-9-20(10-8-13)26(22,23)14-5-6-14/h1-4,13-14,17H,5-12H2,(H,19,21). The average molecular weight is 380 g/mol. The van der Waals surface area contributed by atoms with Gasteiger partial charge >= 0.3 is 0 Å². The van der Waals surface area contributed by atoms with Crippen LogP contribution in [0.2, 0.25) is 0 Å². The molecule has 1 amide bonds. The molecule has 0 bridgehead atoms. The summed E-state index contributed by atoms with van der Waals surface area (Å²) in [6.45, 7) is 1.84. The molecule has 3 aliphatic rings. The van der Waals surface area contributed by atoms with E-state index >= 15 is 0 Å². The monoisotopic (exact) mass is 380 g/mol. The number of nitrogens with one attached hydrogen (secondary N) is 1. The third-order valence-electron chi connectivity index (χ3n) is 5.25. The van der Waals surface area contributed by atoms with E-state index in [1.54, 1.807) is 10.4 Å². The van der Waals surface area contributed by atoms with Crippen LogP contribution in [0.4, 0.5) is 0 Å². The van der Waals surface area contributed by atoms with Gasteiger partial charge in [-0.3, -0.25) is 4.79 Å². The van der Waals surface area contributed by atoms with Gasteiger partial charge < -0.3 is 14.8 Å². The number of rotatable bonds is 5. The van der Waals surface area contributed by atoms with Crippen LogP contribution in [0.3, 0.4) is 0 Å². The Balaban J connectivity index is 1.23. The molecule has 26 heavy (non-hydrogen) atoms. The minimum absolute atomic E-state index is 0.148. The topological polar surface area (TPSA) is 84.9 Å². The summed E-state index contributed by atoms with van der Waals surface area (Å²) in [6.07, 6.45) is 2.49. The van der Waals surface area contributed by atoms with Gasteiger partial charge in [-0.2, -0.15) is 0 Å². The number of fused-ring (bicyclic) bond motifs is 1. The number of hydrogen-bond acceptors (Lipinski definition) is 5. The molecule has 1 unspecified atom stereocenters. The molecule has 1 atom stereocenters. The number of ether oxygens (including phenoxy) is 2. The van der Waals surface area contributed by atoms with E-state index in [0.29, 0.717) is 37.1 Å². The van der Waals surface area contributed by atoms with Gasteiger partial charge in [0, 0.05) is 19.6 Å². The van der Waals surface area contributed by atoms with E-state index in [9.17, 15) is 13.2 Å². The van der Waals surface area contributed by atoms with Gasteiger partial charge in [0.05, 0.1) is 5.25 Å². The van der Waals surface area contributed by atoms with Crippen LogP contribution in [-0.4, -0.2) is 56.2 Å². The summed E-state index contributed by atoms with van der Waals surface area (Å²) in [5, 5.41) is 2.78. The normalized spacial score (nSPS) is 24.2. The van der Waals surface area contributed by atoms with Crippen LogP contribution >= 0.6 is 0 Å². The zero-order chi connectivity index (χ0) is 18.1. The first-order chi connectivity index (χ1) is 12.5.